The number of nitrogens with one attached hydrogen (secondary N) is 1. The maximum absolute atomic E-state index is 12.1. The smallest absolute Gasteiger partial charge is 0.273 e. The third kappa shape index (κ3) is 4.24. The molecule has 0 saturated carbocycles. The molecule has 0 fully saturated rings. The number of hydrogen-bond donors (Lipinski definition) is 2. The molecule has 1 heterocycles. The van der Waals surface area contributed by atoms with Gasteiger partial charge >= 0.3 is 0 Å². The van der Waals surface area contributed by atoms with Crippen LogP contribution >= 0.6 is 11.3 Å². The molecule has 1 atom stereocenters. The predicted molar refractivity (Wildman–Crippen MR) is 86.7 cm³/mol. The monoisotopic (exact) mass is 336 g/mol. The average molecular weight is 336 g/mol. The summed E-state index contributed by atoms with van der Waals surface area (Å²) in [5.74, 6) is -0.0687. The third-order valence-corrected chi connectivity index (χ3v) is 4.07. The second-order valence-electron chi connectivity index (χ2n) is 4.83. The summed E-state index contributed by atoms with van der Waals surface area (Å²) in [4.78, 5) is 26.6. The molecule has 1 aromatic heterocycles. The number of hydrogen-bond acceptors (Lipinski definition) is 7. The zero-order chi connectivity index (χ0) is 17.0. The summed E-state index contributed by atoms with van der Waals surface area (Å²) < 4.78 is 5.07. The number of thiazole rings is 1. The highest BCUT2D eigenvalue weighted by Crippen LogP contribution is 2.29. The van der Waals surface area contributed by atoms with Gasteiger partial charge in [0.05, 0.1) is 41.9 Å². The van der Waals surface area contributed by atoms with Gasteiger partial charge < -0.3 is 15.8 Å². The van der Waals surface area contributed by atoms with Crippen molar-refractivity contribution in [3.8, 4) is 5.75 Å². The Labute approximate surface area is 136 Å². The van der Waals surface area contributed by atoms with Crippen LogP contribution in [0.2, 0.25) is 0 Å². The van der Waals surface area contributed by atoms with Crippen LogP contribution in [-0.4, -0.2) is 22.9 Å². The van der Waals surface area contributed by atoms with E-state index in [0.717, 1.165) is 5.01 Å². The van der Waals surface area contributed by atoms with Crippen molar-refractivity contribution in [2.24, 2.45) is 5.73 Å². The Morgan fingerprint density at radius 2 is 2.30 bits per heavy atom. The van der Waals surface area contributed by atoms with Gasteiger partial charge in [0, 0.05) is 11.4 Å². The van der Waals surface area contributed by atoms with Crippen molar-refractivity contribution in [3.63, 3.8) is 0 Å². The van der Waals surface area contributed by atoms with Crippen LogP contribution < -0.4 is 15.8 Å². The van der Waals surface area contributed by atoms with Crippen LogP contribution in [0.15, 0.2) is 23.6 Å². The van der Waals surface area contributed by atoms with Crippen LogP contribution in [0.5, 0.6) is 5.75 Å². The van der Waals surface area contributed by atoms with E-state index in [9.17, 15) is 14.9 Å². The minimum absolute atomic E-state index is 0.0867. The molecule has 1 amide bonds. The fraction of sp³-hybridized carbons (Fsp3) is 0.286. The van der Waals surface area contributed by atoms with Gasteiger partial charge in [0.25, 0.3) is 5.69 Å². The van der Waals surface area contributed by atoms with Crippen molar-refractivity contribution >= 4 is 28.6 Å². The highest BCUT2D eigenvalue weighted by Gasteiger charge is 2.15. The number of anilines is 1. The fourth-order valence-corrected chi connectivity index (χ4v) is 2.65. The lowest BCUT2D eigenvalue weighted by Gasteiger charge is -2.09. The number of ether oxygens (including phenoxy) is 1. The highest BCUT2D eigenvalue weighted by atomic mass is 32.1. The average Bonchev–Trinajstić information content (AvgIpc) is 2.96. The molecule has 8 nitrogen and oxygen atoms in total. The van der Waals surface area contributed by atoms with Crippen LogP contribution in [0.1, 0.15) is 23.7 Å². The van der Waals surface area contributed by atoms with E-state index in [-0.39, 0.29) is 29.8 Å². The summed E-state index contributed by atoms with van der Waals surface area (Å²) in [6.07, 6.45) is 0.0867. The van der Waals surface area contributed by atoms with Crippen LogP contribution in [-0.2, 0) is 11.2 Å². The summed E-state index contributed by atoms with van der Waals surface area (Å²) >= 11 is 1.40. The van der Waals surface area contributed by atoms with Gasteiger partial charge in [0.2, 0.25) is 5.91 Å². The van der Waals surface area contributed by atoms with Gasteiger partial charge in [-0.25, -0.2) is 4.98 Å². The molecule has 0 aliphatic carbocycles. The van der Waals surface area contributed by atoms with Crippen LogP contribution in [0, 0.1) is 10.1 Å². The number of nitro groups is 1. The van der Waals surface area contributed by atoms with Crippen molar-refractivity contribution in [2.45, 2.75) is 19.4 Å². The molecule has 0 bridgehead atoms. The first-order valence-corrected chi connectivity index (χ1v) is 7.61. The Balaban J connectivity index is 2.08. The Hall–Kier alpha value is -2.52. The summed E-state index contributed by atoms with van der Waals surface area (Å²) in [6.45, 7) is 1.82. The molecular weight excluding hydrogens is 320 g/mol. The van der Waals surface area contributed by atoms with Crippen molar-refractivity contribution in [1.82, 2.24) is 4.98 Å². The predicted octanol–water partition coefficient (Wildman–Crippen LogP) is 2.26. The summed E-state index contributed by atoms with van der Waals surface area (Å²) in [5, 5.41) is 16.0. The SMILES string of the molecule is COc1cc([N+](=O)[O-])ccc1NC(=O)Cc1csc(C(C)N)n1. The van der Waals surface area contributed by atoms with E-state index in [4.69, 9.17) is 10.5 Å². The Bertz CT molecular complexity index is 729. The van der Waals surface area contributed by atoms with Gasteiger partial charge in [0.1, 0.15) is 10.8 Å². The molecule has 9 heteroatoms. The number of carbonyl (C=O) groups is 1. The van der Waals surface area contributed by atoms with Gasteiger partial charge in [-0.3, -0.25) is 14.9 Å². The van der Waals surface area contributed by atoms with Crippen molar-refractivity contribution in [1.29, 1.82) is 0 Å². The zero-order valence-corrected chi connectivity index (χ0v) is 13.4. The van der Waals surface area contributed by atoms with Crippen LogP contribution in [0.4, 0.5) is 11.4 Å². The number of rotatable bonds is 6. The number of amides is 1. The van der Waals surface area contributed by atoms with Crippen LogP contribution in [0.3, 0.4) is 0 Å². The number of carbonyl (C=O) groups excluding carboxylic acids is 1. The number of nitro benzene ring substituents is 1. The number of aromatic nitrogens is 1. The minimum Gasteiger partial charge on any atom is -0.494 e. The molecule has 0 spiro atoms. The molecule has 0 radical (unpaired) electrons. The van der Waals surface area contributed by atoms with Gasteiger partial charge in [0.15, 0.2) is 0 Å². The number of methoxy groups -OCH3 is 1. The van der Waals surface area contributed by atoms with Gasteiger partial charge in [-0.2, -0.15) is 0 Å². The number of benzene rings is 1. The molecule has 0 aliphatic rings. The Kier molecular flexibility index (Phi) is 5.24. The second kappa shape index (κ2) is 7.16. The zero-order valence-electron chi connectivity index (χ0n) is 12.6. The molecule has 122 valence electrons. The quantitative estimate of drug-likeness (QED) is 0.616. The van der Waals surface area contributed by atoms with E-state index in [1.165, 1.54) is 36.6 Å². The second-order valence-corrected chi connectivity index (χ2v) is 5.72. The van der Waals surface area contributed by atoms with E-state index in [1.54, 1.807) is 5.38 Å². The molecule has 0 aliphatic heterocycles. The van der Waals surface area contributed by atoms with Crippen molar-refractivity contribution in [2.75, 3.05) is 12.4 Å². The number of non-ortho nitro benzene ring substituents is 1. The summed E-state index contributed by atoms with van der Waals surface area (Å²) in [7, 11) is 1.38. The molecule has 3 N–H and O–H groups in total. The van der Waals surface area contributed by atoms with E-state index in [2.05, 4.69) is 10.3 Å². The maximum Gasteiger partial charge on any atom is 0.273 e. The normalized spacial score (nSPS) is 11.8. The highest BCUT2D eigenvalue weighted by molar-refractivity contribution is 7.09. The Morgan fingerprint density at radius 3 is 2.87 bits per heavy atom. The number of nitrogens with zero attached hydrogens (tertiary/aromatic N) is 2. The van der Waals surface area contributed by atoms with Gasteiger partial charge in [-0.15, -0.1) is 11.3 Å². The van der Waals surface area contributed by atoms with E-state index < -0.39 is 4.92 Å². The van der Waals surface area contributed by atoms with E-state index >= 15 is 0 Å². The lowest BCUT2D eigenvalue weighted by molar-refractivity contribution is -0.384. The van der Waals surface area contributed by atoms with E-state index in [1.807, 2.05) is 6.92 Å². The standard InChI is InChI=1S/C14H16N4O4S/c1-8(15)14-16-9(7-23-14)5-13(19)17-11-4-3-10(18(20)21)6-12(11)22-2/h3-4,6-8H,5,15H2,1-2H3,(H,17,19). The minimum atomic E-state index is -0.529. The Morgan fingerprint density at radius 1 is 1.57 bits per heavy atom. The van der Waals surface area contributed by atoms with E-state index in [0.29, 0.717) is 11.4 Å². The van der Waals surface area contributed by atoms with Crippen molar-refractivity contribution < 1.29 is 14.5 Å². The summed E-state index contributed by atoms with van der Waals surface area (Å²) in [5.41, 5.74) is 6.62. The van der Waals surface area contributed by atoms with Crippen LogP contribution in [0.25, 0.3) is 0 Å². The van der Waals surface area contributed by atoms with Gasteiger partial charge in [-0.1, -0.05) is 0 Å². The van der Waals surface area contributed by atoms with Gasteiger partial charge in [-0.05, 0) is 13.0 Å². The lowest BCUT2D eigenvalue weighted by Crippen LogP contribution is -2.15. The largest absolute Gasteiger partial charge is 0.494 e. The molecule has 2 rings (SSSR count). The third-order valence-electron chi connectivity index (χ3n) is 2.97. The molecule has 1 aromatic carbocycles. The molecule has 1 unspecified atom stereocenters. The fourth-order valence-electron chi connectivity index (χ4n) is 1.87. The molecular formula is C14H16N4O4S. The topological polar surface area (TPSA) is 120 Å². The molecule has 23 heavy (non-hydrogen) atoms. The summed E-state index contributed by atoms with van der Waals surface area (Å²) in [6, 6.07) is 3.82. The molecule has 2 aromatic rings. The first-order chi connectivity index (χ1) is 10.9. The first-order valence-electron chi connectivity index (χ1n) is 6.73. The number of nitrogens with two attached hydrogens (primary N) is 1. The van der Waals surface area contributed by atoms with Crippen molar-refractivity contribution in [3.05, 3.63) is 44.4 Å². The maximum atomic E-state index is 12.1. The lowest BCUT2D eigenvalue weighted by atomic mass is 10.2. The first kappa shape index (κ1) is 16.8. The molecule has 0 saturated heterocycles.